The number of phenolic OH excluding ortho intramolecular Hbond substituents is 1. The molecule has 0 aliphatic carbocycles. The molecule has 0 aromatic heterocycles. The van der Waals surface area contributed by atoms with Gasteiger partial charge in [0.15, 0.2) is 9.84 Å². The Balaban J connectivity index is 2.41. The zero-order valence-electron chi connectivity index (χ0n) is 8.18. The van der Waals surface area contributed by atoms with Crippen molar-refractivity contribution in [1.29, 1.82) is 0 Å². The van der Waals surface area contributed by atoms with Gasteiger partial charge in [0.2, 0.25) is 0 Å². The monoisotopic (exact) mass is 227 g/mol. The molecule has 2 N–H and O–H groups in total. The standard InChI is InChI=1S/C10H13NO3S/c12-9-3-1-2-4-10(9)15(13,14)8-5-6-11-7-8/h1-4,8,11-12H,5-7H2. The van der Waals surface area contributed by atoms with Crippen molar-refractivity contribution >= 4 is 9.84 Å². The summed E-state index contributed by atoms with van der Waals surface area (Å²) in [7, 11) is -3.38. The Bertz CT molecular complexity index is 449. The van der Waals surface area contributed by atoms with E-state index >= 15 is 0 Å². The third-order valence-electron chi connectivity index (χ3n) is 2.63. The largest absolute Gasteiger partial charge is 0.507 e. The molecule has 0 radical (unpaired) electrons. The lowest BCUT2D eigenvalue weighted by molar-refractivity contribution is 0.458. The molecule has 1 unspecified atom stereocenters. The van der Waals surface area contributed by atoms with Crippen molar-refractivity contribution in [2.45, 2.75) is 16.6 Å². The predicted molar refractivity (Wildman–Crippen MR) is 56.6 cm³/mol. The van der Waals surface area contributed by atoms with Crippen LogP contribution in [0.5, 0.6) is 5.75 Å². The van der Waals surface area contributed by atoms with Crippen molar-refractivity contribution < 1.29 is 13.5 Å². The molecule has 1 fully saturated rings. The third kappa shape index (κ3) is 1.85. The molecule has 1 aromatic carbocycles. The second-order valence-electron chi connectivity index (χ2n) is 3.63. The van der Waals surface area contributed by atoms with Crippen molar-refractivity contribution in [2.75, 3.05) is 13.1 Å². The van der Waals surface area contributed by atoms with E-state index in [0.29, 0.717) is 13.0 Å². The number of rotatable bonds is 2. The Hall–Kier alpha value is -1.07. The van der Waals surface area contributed by atoms with E-state index < -0.39 is 15.1 Å². The summed E-state index contributed by atoms with van der Waals surface area (Å²) >= 11 is 0. The molecule has 1 aromatic rings. The third-order valence-corrected chi connectivity index (χ3v) is 4.86. The first kappa shape index (κ1) is 10.4. The van der Waals surface area contributed by atoms with Gasteiger partial charge >= 0.3 is 0 Å². The van der Waals surface area contributed by atoms with E-state index in [1.54, 1.807) is 12.1 Å². The summed E-state index contributed by atoms with van der Waals surface area (Å²) in [6.45, 7) is 1.19. The topological polar surface area (TPSA) is 66.4 Å². The maximum absolute atomic E-state index is 12.1. The number of sulfone groups is 1. The van der Waals surface area contributed by atoms with Crippen LogP contribution in [-0.2, 0) is 9.84 Å². The van der Waals surface area contributed by atoms with Gasteiger partial charge in [-0.3, -0.25) is 0 Å². The highest BCUT2D eigenvalue weighted by Gasteiger charge is 2.31. The molecule has 82 valence electrons. The molecule has 0 amide bonds. The van der Waals surface area contributed by atoms with Crippen molar-refractivity contribution in [3.63, 3.8) is 0 Å². The molecule has 1 heterocycles. The summed E-state index contributed by atoms with van der Waals surface area (Å²) in [5.74, 6) is -0.163. The van der Waals surface area contributed by atoms with E-state index in [1.165, 1.54) is 12.1 Å². The first-order valence-electron chi connectivity index (χ1n) is 4.85. The van der Waals surface area contributed by atoms with E-state index in [0.717, 1.165) is 6.54 Å². The summed E-state index contributed by atoms with van der Waals surface area (Å²) in [5, 5.41) is 12.1. The highest BCUT2D eigenvalue weighted by Crippen LogP contribution is 2.27. The van der Waals surface area contributed by atoms with Crippen molar-refractivity contribution in [3.05, 3.63) is 24.3 Å². The predicted octanol–water partition coefficient (Wildman–Crippen LogP) is 0.528. The molecule has 1 aliphatic heterocycles. The van der Waals surface area contributed by atoms with Gasteiger partial charge < -0.3 is 10.4 Å². The Morgan fingerprint density at radius 3 is 2.67 bits per heavy atom. The molecule has 0 spiro atoms. The Kier molecular flexibility index (Phi) is 2.67. The fourth-order valence-electron chi connectivity index (χ4n) is 1.77. The van der Waals surface area contributed by atoms with Gasteiger partial charge in [0, 0.05) is 6.54 Å². The first-order valence-corrected chi connectivity index (χ1v) is 6.39. The Morgan fingerprint density at radius 2 is 2.07 bits per heavy atom. The molecule has 1 aliphatic rings. The van der Waals surface area contributed by atoms with Crippen LogP contribution in [0.3, 0.4) is 0 Å². The van der Waals surface area contributed by atoms with Crippen LogP contribution in [0.25, 0.3) is 0 Å². The van der Waals surface area contributed by atoms with Crippen molar-refractivity contribution in [2.24, 2.45) is 0 Å². The van der Waals surface area contributed by atoms with Crippen LogP contribution in [0.15, 0.2) is 29.2 Å². The van der Waals surface area contributed by atoms with Crippen LogP contribution in [-0.4, -0.2) is 31.9 Å². The average molecular weight is 227 g/mol. The second-order valence-corrected chi connectivity index (χ2v) is 5.82. The maximum atomic E-state index is 12.1. The van der Waals surface area contributed by atoms with Crippen molar-refractivity contribution in [3.8, 4) is 5.75 Å². The molecule has 4 nitrogen and oxygen atoms in total. The van der Waals surface area contributed by atoms with Gasteiger partial charge in [0.05, 0.1) is 5.25 Å². The summed E-state index contributed by atoms with van der Waals surface area (Å²) in [6, 6.07) is 6.08. The lowest BCUT2D eigenvalue weighted by Gasteiger charge is -2.11. The molecule has 0 bridgehead atoms. The minimum atomic E-state index is -3.38. The summed E-state index contributed by atoms with van der Waals surface area (Å²) < 4.78 is 24.1. The number of hydrogen-bond donors (Lipinski definition) is 2. The average Bonchev–Trinajstić information content (AvgIpc) is 2.71. The summed E-state index contributed by atoms with van der Waals surface area (Å²) in [4.78, 5) is 0.0405. The van der Waals surface area contributed by atoms with Crippen LogP contribution >= 0.6 is 0 Å². The molecule has 0 saturated carbocycles. The van der Waals surface area contributed by atoms with E-state index in [2.05, 4.69) is 5.32 Å². The maximum Gasteiger partial charge on any atom is 0.186 e. The number of nitrogens with one attached hydrogen (secondary N) is 1. The van der Waals surface area contributed by atoms with Gasteiger partial charge in [0.25, 0.3) is 0 Å². The molecule has 5 heteroatoms. The van der Waals surface area contributed by atoms with Gasteiger partial charge in [-0.05, 0) is 25.1 Å². The molecular weight excluding hydrogens is 214 g/mol. The van der Waals surface area contributed by atoms with Gasteiger partial charge in [-0.1, -0.05) is 12.1 Å². The SMILES string of the molecule is O=S(=O)(c1ccccc1O)C1CCNC1. The lowest BCUT2D eigenvalue weighted by atomic mass is 10.3. The van der Waals surface area contributed by atoms with Gasteiger partial charge in [-0.25, -0.2) is 8.42 Å². The van der Waals surface area contributed by atoms with Crippen LogP contribution in [0.2, 0.25) is 0 Å². The van der Waals surface area contributed by atoms with E-state index in [4.69, 9.17) is 0 Å². The van der Waals surface area contributed by atoms with E-state index in [9.17, 15) is 13.5 Å². The minimum Gasteiger partial charge on any atom is -0.507 e. The molecular formula is C10H13NO3S. The molecule has 1 atom stereocenters. The number of para-hydroxylation sites is 1. The quantitative estimate of drug-likeness (QED) is 0.773. The highest BCUT2D eigenvalue weighted by atomic mass is 32.2. The summed E-state index contributed by atoms with van der Waals surface area (Å²) in [6.07, 6.45) is 0.608. The smallest absolute Gasteiger partial charge is 0.186 e. The minimum absolute atomic E-state index is 0.0405. The zero-order chi connectivity index (χ0) is 10.9. The van der Waals surface area contributed by atoms with Crippen LogP contribution < -0.4 is 5.32 Å². The van der Waals surface area contributed by atoms with Gasteiger partial charge in [-0.15, -0.1) is 0 Å². The number of benzene rings is 1. The van der Waals surface area contributed by atoms with Crippen LogP contribution in [0.4, 0.5) is 0 Å². The first-order chi connectivity index (χ1) is 7.12. The van der Waals surface area contributed by atoms with Gasteiger partial charge in [0.1, 0.15) is 10.6 Å². The lowest BCUT2D eigenvalue weighted by Crippen LogP contribution is -2.23. The summed E-state index contributed by atoms with van der Waals surface area (Å²) in [5.41, 5.74) is 0. The zero-order valence-corrected chi connectivity index (χ0v) is 9.00. The second kappa shape index (κ2) is 3.83. The van der Waals surface area contributed by atoms with Crippen molar-refractivity contribution in [1.82, 2.24) is 5.32 Å². The van der Waals surface area contributed by atoms with Crippen LogP contribution in [0, 0.1) is 0 Å². The van der Waals surface area contributed by atoms with Crippen LogP contribution in [0.1, 0.15) is 6.42 Å². The molecule has 2 rings (SSSR count). The van der Waals surface area contributed by atoms with E-state index in [-0.39, 0.29) is 10.6 Å². The fourth-order valence-corrected chi connectivity index (χ4v) is 3.52. The Morgan fingerprint density at radius 1 is 1.33 bits per heavy atom. The number of phenols is 1. The Labute approximate surface area is 88.9 Å². The van der Waals surface area contributed by atoms with Gasteiger partial charge in [-0.2, -0.15) is 0 Å². The normalized spacial score (nSPS) is 21.7. The molecule has 15 heavy (non-hydrogen) atoms. The van der Waals surface area contributed by atoms with E-state index in [1.807, 2.05) is 0 Å². The fraction of sp³-hybridized carbons (Fsp3) is 0.400. The highest BCUT2D eigenvalue weighted by molar-refractivity contribution is 7.92. The molecule has 1 saturated heterocycles. The number of aromatic hydroxyl groups is 1. The number of hydrogen-bond acceptors (Lipinski definition) is 4.